The van der Waals surface area contributed by atoms with Gasteiger partial charge in [-0.05, 0) is 27.7 Å². The first-order valence-corrected chi connectivity index (χ1v) is 6.23. The number of rotatable bonds is 7. The van der Waals surface area contributed by atoms with Gasteiger partial charge in [0.2, 0.25) is 0 Å². The summed E-state index contributed by atoms with van der Waals surface area (Å²) in [6.45, 7) is 10.9. The van der Waals surface area contributed by atoms with Crippen LogP contribution in [0.25, 0.3) is 0 Å². The van der Waals surface area contributed by atoms with Crippen LogP contribution in [-0.4, -0.2) is 37.4 Å². The molecule has 0 fully saturated rings. The predicted molar refractivity (Wildman–Crippen MR) is 71.6 cm³/mol. The molecule has 0 bridgehead atoms. The smallest absolute Gasteiger partial charge is 0.311 e. The molecule has 0 amide bonds. The van der Waals surface area contributed by atoms with E-state index in [9.17, 15) is 9.59 Å². The first-order valence-electron chi connectivity index (χ1n) is 6.23. The highest BCUT2D eigenvalue weighted by Crippen LogP contribution is 2.18. The fraction of sp³-hybridized carbons (Fsp3) is 0.714. The number of hydrogen-bond donors (Lipinski definition) is 0. The van der Waals surface area contributed by atoms with Gasteiger partial charge in [0.05, 0.1) is 32.2 Å². The number of ether oxygens (including phenoxy) is 3. The van der Waals surface area contributed by atoms with Gasteiger partial charge in [0.1, 0.15) is 5.60 Å². The largest absolute Gasteiger partial charge is 0.469 e. The maximum atomic E-state index is 11.8. The van der Waals surface area contributed by atoms with E-state index in [4.69, 9.17) is 14.2 Å². The summed E-state index contributed by atoms with van der Waals surface area (Å²) in [6, 6.07) is 0. The Morgan fingerprint density at radius 2 is 1.89 bits per heavy atom. The lowest BCUT2D eigenvalue weighted by molar-refractivity contribution is -0.164. The molecule has 0 aromatic heterocycles. The molecule has 0 spiro atoms. The van der Waals surface area contributed by atoms with E-state index >= 15 is 0 Å². The highest BCUT2D eigenvalue weighted by Gasteiger charge is 2.31. The van der Waals surface area contributed by atoms with E-state index in [0.717, 1.165) is 0 Å². The first kappa shape index (κ1) is 17.6. The SMILES string of the molecule is C=CCO[C@@H](C)[C@H](CC(=O)OC(C)(C)C)C(=O)OC. The molecule has 0 aromatic rings. The molecule has 0 aliphatic rings. The zero-order chi connectivity index (χ0) is 15.1. The topological polar surface area (TPSA) is 61.8 Å². The molecule has 0 saturated carbocycles. The molecule has 2 atom stereocenters. The third kappa shape index (κ3) is 7.62. The Balaban J connectivity index is 4.63. The fourth-order valence-electron chi connectivity index (χ4n) is 1.49. The van der Waals surface area contributed by atoms with Crippen molar-refractivity contribution in [3.05, 3.63) is 12.7 Å². The van der Waals surface area contributed by atoms with Gasteiger partial charge in [0.15, 0.2) is 0 Å². The summed E-state index contributed by atoms with van der Waals surface area (Å²) >= 11 is 0. The van der Waals surface area contributed by atoms with Crippen molar-refractivity contribution < 1.29 is 23.8 Å². The van der Waals surface area contributed by atoms with E-state index in [1.807, 2.05) is 0 Å². The molecule has 5 heteroatoms. The second-order valence-corrected chi connectivity index (χ2v) is 5.25. The van der Waals surface area contributed by atoms with Crippen molar-refractivity contribution in [3.63, 3.8) is 0 Å². The molecule has 0 aromatic carbocycles. The Kier molecular flexibility index (Phi) is 7.37. The molecular formula is C14H24O5. The van der Waals surface area contributed by atoms with Crippen molar-refractivity contribution in [1.82, 2.24) is 0 Å². The van der Waals surface area contributed by atoms with Gasteiger partial charge in [-0.25, -0.2) is 0 Å². The van der Waals surface area contributed by atoms with E-state index < -0.39 is 29.6 Å². The van der Waals surface area contributed by atoms with Crippen LogP contribution in [0.5, 0.6) is 0 Å². The van der Waals surface area contributed by atoms with Gasteiger partial charge >= 0.3 is 11.9 Å². The maximum absolute atomic E-state index is 11.8. The van der Waals surface area contributed by atoms with Gasteiger partial charge in [-0.15, -0.1) is 6.58 Å². The summed E-state index contributed by atoms with van der Waals surface area (Å²) in [4.78, 5) is 23.4. The van der Waals surface area contributed by atoms with Crippen molar-refractivity contribution in [2.75, 3.05) is 13.7 Å². The predicted octanol–water partition coefficient (Wildman–Crippen LogP) is 2.10. The average Bonchev–Trinajstić information content (AvgIpc) is 2.29. The zero-order valence-electron chi connectivity index (χ0n) is 12.4. The molecule has 0 aliphatic carbocycles. The van der Waals surface area contributed by atoms with Crippen molar-refractivity contribution in [2.24, 2.45) is 5.92 Å². The lowest BCUT2D eigenvalue weighted by Crippen LogP contribution is -2.34. The van der Waals surface area contributed by atoms with Crippen LogP contribution < -0.4 is 0 Å². The number of hydrogen-bond acceptors (Lipinski definition) is 5. The van der Waals surface area contributed by atoms with Crippen LogP contribution in [-0.2, 0) is 23.8 Å². The summed E-state index contributed by atoms with van der Waals surface area (Å²) in [5.74, 6) is -1.61. The van der Waals surface area contributed by atoms with Crippen LogP contribution in [0.2, 0.25) is 0 Å². The Morgan fingerprint density at radius 1 is 1.32 bits per heavy atom. The molecular weight excluding hydrogens is 248 g/mol. The molecule has 19 heavy (non-hydrogen) atoms. The van der Waals surface area contributed by atoms with Crippen LogP contribution in [0.1, 0.15) is 34.1 Å². The average molecular weight is 272 g/mol. The Labute approximate surface area is 114 Å². The molecule has 0 N–H and O–H groups in total. The summed E-state index contributed by atoms with van der Waals surface area (Å²) in [7, 11) is 1.28. The van der Waals surface area contributed by atoms with Gasteiger partial charge in [-0.3, -0.25) is 9.59 Å². The molecule has 110 valence electrons. The van der Waals surface area contributed by atoms with Crippen LogP contribution in [0.3, 0.4) is 0 Å². The molecule has 0 unspecified atom stereocenters. The molecule has 0 heterocycles. The molecule has 0 saturated heterocycles. The summed E-state index contributed by atoms with van der Waals surface area (Å²) in [5, 5.41) is 0. The summed E-state index contributed by atoms with van der Waals surface area (Å²) in [6.07, 6.45) is 1.07. The Bertz CT molecular complexity index is 316. The Morgan fingerprint density at radius 3 is 2.32 bits per heavy atom. The second-order valence-electron chi connectivity index (χ2n) is 5.25. The Hall–Kier alpha value is -1.36. The lowest BCUT2D eigenvalue weighted by Gasteiger charge is -2.24. The van der Waals surface area contributed by atoms with Gasteiger partial charge in [0.25, 0.3) is 0 Å². The third-order valence-corrected chi connectivity index (χ3v) is 2.35. The van der Waals surface area contributed by atoms with E-state index in [1.165, 1.54) is 7.11 Å². The van der Waals surface area contributed by atoms with Crippen molar-refractivity contribution in [2.45, 2.75) is 45.8 Å². The van der Waals surface area contributed by atoms with Gasteiger partial charge in [-0.2, -0.15) is 0 Å². The van der Waals surface area contributed by atoms with Crippen molar-refractivity contribution in [3.8, 4) is 0 Å². The van der Waals surface area contributed by atoms with Gasteiger partial charge in [0, 0.05) is 0 Å². The second kappa shape index (κ2) is 7.94. The van der Waals surface area contributed by atoms with E-state index in [0.29, 0.717) is 6.61 Å². The number of esters is 2. The number of carbonyl (C=O) groups is 2. The number of carbonyl (C=O) groups excluding carboxylic acids is 2. The van der Waals surface area contributed by atoms with Crippen molar-refractivity contribution >= 4 is 11.9 Å². The fourth-order valence-corrected chi connectivity index (χ4v) is 1.49. The summed E-state index contributed by atoms with van der Waals surface area (Å²) in [5.41, 5.74) is -0.580. The van der Waals surface area contributed by atoms with Crippen LogP contribution in [0.15, 0.2) is 12.7 Å². The van der Waals surface area contributed by atoms with Crippen LogP contribution in [0.4, 0.5) is 0 Å². The minimum atomic E-state index is -0.681. The van der Waals surface area contributed by atoms with E-state index in [2.05, 4.69) is 6.58 Å². The molecule has 0 radical (unpaired) electrons. The van der Waals surface area contributed by atoms with E-state index in [-0.39, 0.29) is 6.42 Å². The highest BCUT2D eigenvalue weighted by atomic mass is 16.6. The zero-order valence-corrected chi connectivity index (χ0v) is 12.4. The van der Waals surface area contributed by atoms with Gasteiger partial charge < -0.3 is 14.2 Å². The normalized spacial score (nSPS) is 14.4. The van der Waals surface area contributed by atoms with Crippen LogP contribution >= 0.6 is 0 Å². The lowest BCUT2D eigenvalue weighted by atomic mass is 9.99. The quantitative estimate of drug-likeness (QED) is 0.524. The standard InChI is InChI=1S/C14H24O5/c1-7-8-18-10(2)11(13(16)17-6)9-12(15)19-14(3,4)5/h7,10-11H,1,8-9H2,2-6H3/t10-,11-/m0/s1. The molecule has 5 nitrogen and oxygen atoms in total. The minimum absolute atomic E-state index is 0.0672. The monoisotopic (exact) mass is 272 g/mol. The third-order valence-electron chi connectivity index (χ3n) is 2.35. The van der Waals surface area contributed by atoms with Crippen molar-refractivity contribution in [1.29, 1.82) is 0 Å². The van der Waals surface area contributed by atoms with Gasteiger partial charge in [-0.1, -0.05) is 6.08 Å². The minimum Gasteiger partial charge on any atom is -0.469 e. The maximum Gasteiger partial charge on any atom is 0.311 e. The highest BCUT2D eigenvalue weighted by molar-refractivity contribution is 5.80. The molecule has 0 aliphatic heterocycles. The number of methoxy groups -OCH3 is 1. The summed E-state index contributed by atoms with van der Waals surface area (Å²) < 4.78 is 15.3. The molecule has 0 rings (SSSR count). The van der Waals surface area contributed by atoms with E-state index in [1.54, 1.807) is 33.8 Å². The van der Waals surface area contributed by atoms with Crippen LogP contribution in [0, 0.1) is 5.92 Å². The first-order chi connectivity index (χ1) is 8.71.